The van der Waals surface area contributed by atoms with Crippen LogP contribution in [-0.4, -0.2) is 148 Å². The Labute approximate surface area is 530 Å². The summed E-state index contributed by atoms with van der Waals surface area (Å²) in [7, 11) is -26.5. The van der Waals surface area contributed by atoms with E-state index in [4.69, 9.17) is 22.7 Å². The molecule has 488 valence electrons. The SMILES string of the molecule is CCC[N+]1=C(/C=C/C(=C/C=C2/N(CCS(=O)(=O)O)c3ccc4c(S(=O)(=O)O)cc(S(=O)(=O)O)cc4c3C2(C)C)c2ccc(C(=O)NCCCCCC(=O)NCCC(=O)Cc3nnc(S(N)(=O)=O)s3)cn2)C(C)(C)c2c1ccc1ccc(S(=O)(=O)O)cc21.O=S(=O)=O. The molecule has 91 heavy (non-hydrogen) atoms. The van der Waals surface area contributed by atoms with E-state index in [1.54, 1.807) is 55.2 Å². The number of ketones is 1. The molecule has 0 fully saturated rings. The molecule has 0 bridgehead atoms. The van der Waals surface area contributed by atoms with Gasteiger partial charge in [-0.05, 0) is 109 Å². The van der Waals surface area contributed by atoms with Crippen LogP contribution < -0.4 is 20.7 Å². The van der Waals surface area contributed by atoms with Crippen LogP contribution in [0.15, 0.2) is 122 Å². The van der Waals surface area contributed by atoms with Gasteiger partial charge in [-0.1, -0.05) is 56.7 Å². The lowest BCUT2D eigenvalue weighted by Gasteiger charge is -2.27. The first-order chi connectivity index (χ1) is 42.2. The molecule has 2 aliphatic rings. The molecule has 0 radical (unpaired) electrons. The van der Waals surface area contributed by atoms with E-state index in [0.29, 0.717) is 72.0 Å². The van der Waals surface area contributed by atoms with Gasteiger partial charge in [-0.25, -0.2) is 13.6 Å². The third kappa shape index (κ3) is 17.2. The third-order valence-corrected chi connectivity index (χ3v) is 20.4. The normalized spacial score (nSPS) is 15.4. The number of anilines is 1. The largest absolute Gasteiger partial charge is 0.425 e. The number of nitrogens with one attached hydrogen (secondary N) is 2. The van der Waals surface area contributed by atoms with Crippen molar-refractivity contribution in [3.63, 3.8) is 0 Å². The monoisotopic (exact) mass is 1390 g/mol. The van der Waals surface area contributed by atoms with Crippen molar-refractivity contribution in [3.05, 3.63) is 130 Å². The minimum Gasteiger partial charge on any atom is -0.356 e. The second kappa shape index (κ2) is 27.8. The molecule has 8 N–H and O–H groups in total. The van der Waals surface area contributed by atoms with Gasteiger partial charge in [0.2, 0.25) is 15.9 Å². The van der Waals surface area contributed by atoms with E-state index in [9.17, 15) is 74.7 Å². The number of hydrogen-bond acceptors (Lipinski definition) is 21. The second-order valence-corrected chi connectivity index (χ2v) is 31.0. The number of rotatable bonds is 25. The van der Waals surface area contributed by atoms with Crippen molar-refractivity contribution in [3.8, 4) is 0 Å². The maximum absolute atomic E-state index is 13.5. The molecule has 2 aromatic heterocycles. The quantitative estimate of drug-likeness (QED) is 0.0167. The fourth-order valence-corrected chi connectivity index (χ4v) is 14.7. The van der Waals surface area contributed by atoms with Crippen molar-refractivity contribution in [2.24, 2.45) is 5.14 Å². The van der Waals surface area contributed by atoms with Crippen LogP contribution in [0.3, 0.4) is 0 Å². The van der Waals surface area contributed by atoms with Crippen molar-refractivity contribution < 1.29 is 91.9 Å². The molecule has 4 aromatic carbocycles. The lowest BCUT2D eigenvalue weighted by atomic mass is 9.79. The van der Waals surface area contributed by atoms with E-state index in [2.05, 4.69) is 25.4 Å². The van der Waals surface area contributed by atoms with E-state index in [1.165, 1.54) is 30.5 Å². The number of aromatic nitrogens is 3. The number of hydrogen-bond donors (Lipinski definition) is 7. The average Bonchev–Trinajstić information content (AvgIpc) is 1.61. The highest BCUT2D eigenvalue weighted by molar-refractivity contribution is 7.91. The number of amides is 2. The van der Waals surface area contributed by atoms with Gasteiger partial charge >= 0.3 is 10.6 Å². The number of benzene rings is 4. The van der Waals surface area contributed by atoms with Gasteiger partial charge in [0.05, 0.1) is 38.6 Å². The number of nitrogens with two attached hydrogens (primary N) is 1. The predicted molar refractivity (Wildman–Crippen MR) is 335 cm³/mol. The number of primary sulfonamides is 1. The first-order valence-corrected chi connectivity index (χ1v) is 36.8. The van der Waals surface area contributed by atoms with Crippen LogP contribution in [0.2, 0.25) is 0 Å². The number of carbonyl (C=O) groups excluding carboxylic acids is 3. The molecule has 4 heterocycles. The van der Waals surface area contributed by atoms with Gasteiger partial charge in [0, 0.05) is 90.6 Å². The van der Waals surface area contributed by atoms with Gasteiger partial charge in [0.1, 0.15) is 22.2 Å². The molecule has 2 aliphatic heterocycles. The Morgan fingerprint density at radius 1 is 0.736 bits per heavy atom. The Kier molecular flexibility index (Phi) is 21.7. The zero-order chi connectivity index (χ0) is 67.4. The zero-order valence-corrected chi connectivity index (χ0v) is 54.9. The van der Waals surface area contributed by atoms with E-state index in [0.717, 1.165) is 28.4 Å². The smallest absolute Gasteiger partial charge is 0.356 e. The molecular formula is C56H63N8O20S7+. The second-order valence-electron chi connectivity index (χ2n) is 22.0. The lowest BCUT2D eigenvalue weighted by Crippen LogP contribution is -2.30. The Hall–Kier alpha value is -7.42. The van der Waals surface area contributed by atoms with Crippen molar-refractivity contribution in [1.29, 1.82) is 0 Å². The zero-order valence-electron chi connectivity index (χ0n) is 49.2. The molecule has 28 nitrogen and oxygen atoms in total. The van der Waals surface area contributed by atoms with Crippen LogP contribution >= 0.6 is 11.3 Å². The number of sulfonamides is 1. The maximum atomic E-state index is 13.5. The van der Waals surface area contributed by atoms with E-state index >= 15 is 0 Å². The van der Waals surface area contributed by atoms with E-state index in [1.807, 2.05) is 39.0 Å². The van der Waals surface area contributed by atoms with Crippen LogP contribution in [-0.2, 0) is 87.9 Å². The first-order valence-electron chi connectivity index (χ1n) is 27.5. The fraction of sp³-hybridized carbons (Fsp3) is 0.339. The highest BCUT2D eigenvalue weighted by Gasteiger charge is 2.46. The number of pyridine rings is 1. The van der Waals surface area contributed by atoms with Gasteiger partial charge in [0.15, 0.2) is 5.71 Å². The maximum Gasteiger partial charge on any atom is 0.425 e. The summed E-state index contributed by atoms with van der Waals surface area (Å²) in [6.45, 7) is 9.83. The van der Waals surface area contributed by atoms with Crippen molar-refractivity contribution in [2.45, 2.75) is 109 Å². The summed E-state index contributed by atoms with van der Waals surface area (Å²) in [5.74, 6) is -1.81. The summed E-state index contributed by atoms with van der Waals surface area (Å²) >= 11 is 0.694. The van der Waals surface area contributed by atoms with Gasteiger partial charge in [0.25, 0.3) is 56.4 Å². The fourth-order valence-electron chi connectivity index (χ4n) is 10.9. The Morgan fingerprint density at radius 2 is 1.41 bits per heavy atom. The number of nitrogens with zero attached hydrogens (tertiary/aromatic N) is 5. The Bertz CT molecular complexity index is 4770. The summed E-state index contributed by atoms with van der Waals surface area (Å²) in [6.07, 6.45) is 10.6. The molecule has 0 unspecified atom stereocenters. The number of Topliss-reactive ketones (excluding diaryl/α,β-unsaturated/α-hetero) is 1. The molecule has 2 amide bonds. The van der Waals surface area contributed by atoms with E-state index < -0.39 is 97.7 Å². The number of allylic oxidation sites excluding steroid dienone is 6. The van der Waals surface area contributed by atoms with Crippen molar-refractivity contribution >= 4 is 134 Å². The molecule has 8 rings (SSSR count). The molecule has 35 heteroatoms. The van der Waals surface area contributed by atoms with Gasteiger partial charge in [-0.3, -0.25) is 37.6 Å². The third-order valence-electron chi connectivity index (χ3n) is 14.9. The topological polar surface area (TPSA) is 449 Å². The molecule has 0 saturated heterocycles. The van der Waals surface area contributed by atoms with Crippen molar-refractivity contribution in [2.75, 3.05) is 36.8 Å². The van der Waals surface area contributed by atoms with Crippen molar-refractivity contribution in [1.82, 2.24) is 25.8 Å². The summed E-state index contributed by atoms with van der Waals surface area (Å²) in [6, 6.07) is 15.8. The van der Waals surface area contributed by atoms with Crippen LogP contribution in [0.25, 0.3) is 27.1 Å². The first kappa shape index (κ1) is 71.0. The Balaban J connectivity index is 0.00000285. The highest BCUT2D eigenvalue weighted by atomic mass is 32.3. The average molecular weight is 1390 g/mol. The van der Waals surface area contributed by atoms with Crippen LogP contribution in [0.4, 0.5) is 11.4 Å². The van der Waals surface area contributed by atoms with Crippen LogP contribution in [0.1, 0.15) is 105 Å². The van der Waals surface area contributed by atoms with Gasteiger partial charge in [-0.15, -0.1) is 22.8 Å². The standard InChI is InChI=1S/C56H62N8O17S6.O3S/c1-6-26-63-44-19-13-34-11-16-38(85(73,74)75)30-41(34)51(44)55(2,3)47(63)21-14-35(43-18-12-36(33-60-43)53(67)59-24-9-7-8-10-49(66)58-25-23-37(65)29-50-61-62-54(82-50)84(57,71)72)15-22-48-56(4,5)52-42-31-39(86(76,77)78)32-46(87(79,80)81)40(42)17-20-45(52)64(48)27-28-83(68,69)70;1-4(2)3/h11-22,30-33H,6-10,23-29H2,1-5H3,(H7-,57,58,59,66,67,68,69,70,71,72,73,74,75,76,77,78,79,80,81);/p+1. The molecule has 6 aromatic rings. The molecule has 0 aliphatic carbocycles. The number of fused-ring (bicyclic) bond motifs is 6. The summed E-state index contributed by atoms with van der Waals surface area (Å²) in [5, 5.41) is 19.1. The summed E-state index contributed by atoms with van der Waals surface area (Å²) < 4.78 is 191. The minimum atomic E-state index is -5.11. The van der Waals surface area contributed by atoms with E-state index in [-0.39, 0.29) is 88.1 Å². The lowest BCUT2D eigenvalue weighted by molar-refractivity contribution is -0.437. The molecular weight excluding hydrogens is 1330 g/mol. The highest BCUT2D eigenvalue weighted by Crippen LogP contribution is 2.52. The van der Waals surface area contributed by atoms with Crippen LogP contribution in [0, 0.1) is 0 Å². The Morgan fingerprint density at radius 3 is 2.01 bits per heavy atom. The predicted octanol–water partition coefficient (Wildman–Crippen LogP) is 5.23. The van der Waals surface area contributed by atoms with Crippen LogP contribution in [0.5, 0.6) is 0 Å². The van der Waals surface area contributed by atoms with Gasteiger partial charge < -0.3 is 15.5 Å². The molecule has 0 atom stereocenters. The summed E-state index contributed by atoms with van der Waals surface area (Å²) in [5.41, 5.74) is 2.14. The van der Waals surface area contributed by atoms with Gasteiger partial charge in [-0.2, -0.15) is 38.2 Å². The number of unbranched alkanes of at least 4 members (excludes halogenated alkanes) is 2. The minimum absolute atomic E-state index is 0.00963. The molecule has 0 saturated carbocycles. The summed E-state index contributed by atoms with van der Waals surface area (Å²) in [4.78, 5) is 42.6. The molecule has 0 spiro atoms. The number of carbonyl (C=O) groups is 3.